The molecule has 0 saturated carbocycles. The second-order valence-corrected chi connectivity index (χ2v) is 15.0. The first-order chi connectivity index (χ1) is 17.5. The van der Waals surface area contributed by atoms with Gasteiger partial charge in [-0.2, -0.15) is 0 Å². The second kappa shape index (κ2) is 13.4. The summed E-state index contributed by atoms with van der Waals surface area (Å²) in [7, 11) is 0. The predicted octanol–water partition coefficient (Wildman–Crippen LogP) is 7.29. The Morgan fingerprint density at radius 1 is 0.789 bits per heavy atom. The van der Waals surface area contributed by atoms with E-state index in [-0.39, 0.29) is 40.8 Å². The lowest BCUT2D eigenvalue weighted by Crippen LogP contribution is -2.32. The highest BCUT2D eigenvalue weighted by molar-refractivity contribution is 5.40. The van der Waals surface area contributed by atoms with Gasteiger partial charge in [-0.05, 0) is 77.9 Å². The molecule has 0 radical (unpaired) electrons. The Hall–Kier alpha value is -1.20. The Balaban J connectivity index is 2.04. The first kappa shape index (κ1) is 33.0. The van der Waals surface area contributed by atoms with E-state index in [2.05, 4.69) is 85.8 Å². The van der Waals surface area contributed by atoms with Crippen LogP contribution in [0.15, 0.2) is 47.1 Å². The first-order valence-corrected chi connectivity index (χ1v) is 14.9. The van der Waals surface area contributed by atoms with Gasteiger partial charge in [-0.3, -0.25) is 0 Å². The van der Waals surface area contributed by atoms with Crippen LogP contribution in [-0.4, -0.2) is 45.8 Å². The minimum absolute atomic E-state index is 0.0141. The van der Waals surface area contributed by atoms with E-state index in [4.69, 9.17) is 0 Å². The van der Waals surface area contributed by atoms with Gasteiger partial charge < -0.3 is 20.4 Å². The van der Waals surface area contributed by atoms with Gasteiger partial charge >= 0.3 is 0 Å². The maximum absolute atomic E-state index is 11.3. The van der Waals surface area contributed by atoms with Gasteiger partial charge in [0.15, 0.2) is 0 Å². The largest absolute Gasteiger partial charge is 0.396 e. The summed E-state index contributed by atoms with van der Waals surface area (Å²) in [6.07, 6.45) is 18.4. The van der Waals surface area contributed by atoms with E-state index in [0.717, 1.165) is 74.5 Å². The number of rotatable bonds is 14. The fourth-order valence-electron chi connectivity index (χ4n) is 5.96. The molecule has 2 aliphatic rings. The van der Waals surface area contributed by atoms with E-state index in [1.165, 1.54) is 0 Å². The average Bonchev–Trinajstić information content (AvgIpc) is 2.82. The van der Waals surface area contributed by atoms with Crippen molar-refractivity contribution < 1.29 is 20.4 Å². The van der Waals surface area contributed by atoms with Gasteiger partial charge in [0, 0.05) is 24.5 Å². The molecule has 0 saturated heterocycles. The highest BCUT2D eigenvalue weighted by atomic mass is 16.3. The molecular formula is C34H58O4. The van der Waals surface area contributed by atoms with Gasteiger partial charge in [0.2, 0.25) is 0 Å². The lowest BCUT2D eigenvalue weighted by Gasteiger charge is -2.37. The summed E-state index contributed by atoms with van der Waals surface area (Å²) in [5, 5.41) is 41.5. The Kier molecular flexibility index (Phi) is 11.7. The maximum Gasteiger partial charge on any atom is 0.0998 e. The topological polar surface area (TPSA) is 80.9 Å². The molecule has 38 heavy (non-hydrogen) atoms. The van der Waals surface area contributed by atoms with Crippen LogP contribution in [0.5, 0.6) is 0 Å². The monoisotopic (exact) mass is 530 g/mol. The molecule has 3 atom stereocenters. The fraction of sp³-hybridized carbons (Fsp3) is 0.765. The zero-order valence-corrected chi connectivity index (χ0v) is 25.7. The van der Waals surface area contributed by atoms with Crippen molar-refractivity contribution in [3.8, 4) is 0 Å². The third kappa shape index (κ3) is 10.4. The summed E-state index contributed by atoms with van der Waals surface area (Å²) < 4.78 is 0. The van der Waals surface area contributed by atoms with Crippen LogP contribution in [0.2, 0.25) is 0 Å². The third-order valence-electron chi connectivity index (χ3n) is 8.42. The van der Waals surface area contributed by atoms with Crippen LogP contribution >= 0.6 is 0 Å². The Morgan fingerprint density at radius 2 is 1.32 bits per heavy atom. The first-order valence-electron chi connectivity index (χ1n) is 14.9. The number of aliphatic hydroxyl groups excluding tert-OH is 4. The molecule has 0 fully saturated rings. The standard InChI is InChI=1S/C34H58O4/c1-31(2,23-35)17-11-9-13-25-19-33(5,6)21-27(29(25)37)15-16-28-22-34(7,8)20-26(30(28)38)14-10-12-18-32(3,4)24-36/h15-16,19-21,28-30,35-38H,9-14,17-18,22-24H2,1-8H3/b16-15-. The molecule has 4 heteroatoms. The summed E-state index contributed by atoms with van der Waals surface area (Å²) in [6, 6.07) is 0. The molecule has 2 aliphatic carbocycles. The number of unbranched alkanes of at least 4 members (excludes halogenated alkanes) is 2. The molecular weight excluding hydrogens is 472 g/mol. The van der Waals surface area contributed by atoms with Crippen LogP contribution in [-0.2, 0) is 0 Å². The number of hydrogen-bond donors (Lipinski definition) is 4. The van der Waals surface area contributed by atoms with Gasteiger partial charge in [0.25, 0.3) is 0 Å². The van der Waals surface area contributed by atoms with E-state index in [1.54, 1.807) is 0 Å². The van der Waals surface area contributed by atoms with Crippen LogP contribution in [0, 0.1) is 27.6 Å². The van der Waals surface area contributed by atoms with E-state index in [1.807, 2.05) is 0 Å². The molecule has 2 rings (SSSR count). The maximum atomic E-state index is 11.3. The molecule has 0 spiro atoms. The molecule has 4 nitrogen and oxygen atoms in total. The van der Waals surface area contributed by atoms with Crippen LogP contribution in [0.3, 0.4) is 0 Å². The number of allylic oxidation sites excluding steroid dienone is 3. The van der Waals surface area contributed by atoms with E-state index in [9.17, 15) is 20.4 Å². The third-order valence-corrected chi connectivity index (χ3v) is 8.42. The summed E-state index contributed by atoms with van der Waals surface area (Å²) in [5.74, 6) is 0.0187. The van der Waals surface area contributed by atoms with Crippen molar-refractivity contribution in [2.75, 3.05) is 13.2 Å². The normalized spacial score (nSPS) is 25.8. The zero-order valence-electron chi connectivity index (χ0n) is 25.7. The van der Waals surface area contributed by atoms with Crippen LogP contribution in [0.1, 0.15) is 113 Å². The van der Waals surface area contributed by atoms with E-state index >= 15 is 0 Å². The molecule has 0 amide bonds. The van der Waals surface area contributed by atoms with Crippen LogP contribution < -0.4 is 0 Å². The number of aliphatic hydroxyl groups is 4. The fourth-order valence-corrected chi connectivity index (χ4v) is 5.96. The van der Waals surface area contributed by atoms with Crippen LogP contribution in [0.4, 0.5) is 0 Å². The summed E-state index contributed by atoms with van der Waals surface area (Å²) in [6.45, 7) is 17.6. The van der Waals surface area contributed by atoms with Crippen molar-refractivity contribution in [3.63, 3.8) is 0 Å². The molecule has 0 aliphatic heterocycles. The van der Waals surface area contributed by atoms with Gasteiger partial charge in [0.05, 0.1) is 12.2 Å². The summed E-state index contributed by atoms with van der Waals surface area (Å²) >= 11 is 0. The van der Waals surface area contributed by atoms with Crippen molar-refractivity contribution in [2.45, 2.75) is 125 Å². The van der Waals surface area contributed by atoms with Gasteiger partial charge in [-0.15, -0.1) is 0 Å². The van der Waals surface area contributed by atoms with Gasteiger partial charge in [-0.25, -0.2) is 0 Å². The molecule has 0 aromatic heterocycles. The second-order valence-electron chi connectivity index (χ2n) is 15.0. The molecule has 0 bridgehead atoms. The minimum Gasteiger partial charge on any atom is -0.396 e. The Bertz CT molecular complexity index is 884. The van der Waals surface area contributed by atoms with Crippen molar-refractivity contribution in [2.24, 2.45) is 27.6 Å². The minimum atomic E-state index is -0.608. The number of hydrogen-bond acceptors (Lipinski definition) is 4. The smallest absolute Gasteiger partial charge is 0.0998 e. The average molecular weight is 531 g/mol. The molecule has 4 N–H and O–H groups in total. The molecule has 0 aromatic carbocycles. The van der Waals surface area contributed by atoms with Crippen molar-refractivity contribution in [1.29, 1.82) is 0 Å². The van der Waals surface area contributed by atoms with Gasteiger partial charge in [0.1, 0.15) is 0 Å². The van der Waals surface area contributed by atoms with E-state index < -0.39 is 12.2 Å². The summed E-state index contributed by atoms with van der Waals surface area (Å²) in [5.41, 5.74) is 2.92. The van der Waals surface area contributed by atoms with Gasteiger partial charge in [-0.1, -0.05) is 98.6 Å². The van der Waals surface area contributed by atoms with Crippen molar-refractivity contribution in [3.05, 3.63) is 47.1 Å². The summed E-state index contributed by atoms with van der Waals surface area (Å²) in [4.78, 5) is 0. The lowest BCUT2D eigenvalue weighted by molar-refractivity contribution is 0.120. The van der Waals surface area contributed by atoms with E-state index in [0.29, 0.717) is 0 Å². The molecule has 0 aromatic rings. The molecule has 218 valence electrons. The molecule has 3 unspecified atom stereocenters. The Morgan fingerprint density at radius 3 is 1.84 bits per heavy atom. The Labute approximate surface area is 233 Å². The SMILES string of the molecule is CC1(C)C=C(/C=C\C2CC(C)(C)C=C(CCCCC(C)(C)CO)C2O)C(O)C(CCCCC(C)(C)CO)=C1. The molecule has 0 heterocycles. The zero-order chi connectivity index (χ0) is 28.8. The van der Waals surface area contributed by atoms with Crippen LogP contribution in [0.25, 0.3) is 0 Å². The predicted molar refractivity (Wildman–Crippen MR) is 160 cm³/mol. The quantitative estimate of drug-likeness (QED) is 0.140. The highest BCUT2D eigenvalue weighted by Crippen LogP contribution is 2.41. The lowest BCUT2D eigenvalue weighted by atomic mass is 9.71. The highest BCUT2D eigenvalue weighted by Gasteiger charge is 2.33. The van der Waals surface area contributed by atoms with Crippen molar-refractivity contribution in [1.82, 2.24) is 0 Å². The van der Waals surface area contributed by atoms with Crippen molar-refractivity contribution >= 4 is 0 Å².